The summed E-state index contributed by atoms with van der Waals surface area (Å²) in [6.07, 6.45) is -1.13. The van der Waals surface area contributed by atoms with Gasteiger partial charge in [-0.3, -0.25) is 9.80 Å². The Balaban J connectivity index is 0.000000384. The first kappa shape index (κ1) is 25.7. The van der Waals surface area contributed by atoms with Crippen molar-refractivity contribution in [3.63, 3.8) is 0 Å². The average molecular weight is 519 g/mol. The predicted octanol–water partition coefficient (Wildman–Crippen LogP) is 4.28. The van der Waals surface area contributed by atoms with Gasteiger partial charge in [0.15, 0.2) is 0 Å². The summed E-state index contributed by atoms with van der Waals surface area (Å²) in [7, 11) is 2.18. The van der Waals surface area contributed by atoms with Crippen LogP contribution in [-0.2, 0) is 11.3 Å². The molecule has 8 nitrogen and oxygen atoms in total. The van der Waals surface area contributed by atoms with Crippen LogP contribution in [0.1, 0.15) is 22.3 Å². The zero-order valence-electron chi connectivity index (χ0n) is 19.7. The maximum atomic E-state index is 10.6. The summed E-state index contributed by atoms with van der Waals surface area (Å²) >= 11 is 1.72. The number of rotatable bonds is 4. The van der Waals surface area contributed by atoms with Crippen molar-refractivity contribution in [2.75, 3.05) is 26.7 Å². The fourth-order valence-corrected chi connectivity index (χ4v) is 4.62. The lowest BCUT2D eigenvalue weighted by Crippen LogP contribution is -2.46. The van der Waals surface area contributed by atoms with Crippen molar-refractivity contribution in [1.29, 1.82) is 0 Å². The number of likely N-dealkylation sites (N-methyl/N-ethyl adjacent to an activating group) is 1. The lowest BCUT2D eigenvalue weighted by atomic mass is 10.0. The molecule has 4 heterocycles. The van der Waals surface area contributed by atoms with Gasteiger partial charge in [-0.05, 0) is 25.6 Å². The van der Waals surface area contributed by atoms with E-state index < -0.39 is 12.1 Å². The maximum Gasteiger partial charge on any atom is 0.490 e. The molecule has 1 N–H and O–H groups in total. The molecule has 0 amide bonds. The SMILES string of the molecule is Cc1ccc(-c2ccc3c(C4CN(Cc5nccs5)CCN4C)nnn3c2)cc1.O=C(O)C(F)(F)F. The number of carboxylic acids is 1. The third-order valence-corrected chi connectivity index (χ3v) is 6.72. The average Bonchev–Trinajstić information content (AvgIpc) is 3.50. The number of carboxylic acid groups (broad SMARTS) is 1. The highest BCUT2D eigenvalue weighted by Gasteiger charge is 2.38. The molecule has 0 radical (unpaired) electrons. The van der Waals surface area contributed by atoms with Crippen LogP contribution in [0.15, 0.2) is 54.2 Å². The Morgan fingerprint density at radius 1 is 1.14 bits per heavy atom. The van der Waals surface area contributed by atoms with Crippen LogP contribution in [-0.4, -0.2) is 73.5 Å². The van der Waals surface area contributed by atoms with Crippen LogP contribution in [0, 0.1) is 6.92 Å². The number of aryl methyl sites for hydroxylation is 1. The van der Waals surface area contributed by atoms with E-state index in [2.05, 4.69) is 81.7 Å². The second kappa shape index (κ2) is 10.7. The second-order valence-corrected chi connectivity index (χ2v) is 9.53. The van der Waals surface area contributed by atoms with E-state index in [1.807, 2.05) is 16.1 Å². The van der Waals surface area contributed by atoms with Crippen LogP contribution >= 0.6 is 11.3 Å². The van der Waals surface area contributed by atoms with Crippen molar-refractivity contribution in [3.05, 3.63) is 70.4 Å². The number of pyridine rings is 1. The Morgan fingerprint density at radius 3 is 2.47 bits per heavy atom. The number of piperazine rings is 1. The minimum Gasteiger partial charge on any atom is -0.475 e. The van der Waals surface area contributed by atoms with Crippen LogP contribution in [0.25, 0.3) is 16.6 Å². The van der Waals surface area contributed by atoms with Crippen molar-refractivity contribution in [2.45, 2.75) is 25.7 Å². The zero-order chi connectivity index (χ0) is 25.9. The Morgan fingerprint density at radius 2 is 1.83 bits per heavy atom. The Hall–Kier alpha value is -3.35. The van der Waals surface area contributed by atoms with Crippen LogP contribution in [0.5, 0.6) is 0 Å². The van der Waals surface area contributed by atoms with Gasteiger partial charge in [0.2, 0.25) is 0 Å². The largest absolute Gasteiger partial charge is 0.490 e. The number of aliphatic carboxylic acids is 1. The summed E-state index contributed by atoms with van der Waals surface area (Å²) in [6, 6.07) is 13.1. The smallest absolute Gasteiger partial charge is 0.475 e. The Kier molecular flexibility index (Phi) is 7.67. The normalized spacial score (nSPS) is 17.1. The molecule has 1 fully saturated rings. The molecule has 1 atom stereocenters. The first-order valence-corrected chi connectivity index (χ1v) is 12.0. The van der Waals surface area contributed by atoms with Crippen molar-refractivity contribution >= 4 is 22.8 Å². The molecular formula is C24H25F3N6O2S. The molecule has 0 spiro atoms. The number of carbonyl (C=O) groups is 1. The van der Waals surface area contributed by atoms with E-state index in [1.54, 1.807) is 11.3 Å². The summed E-state index contributed by atoms with van der Waals surface area (Å²) < 4.78 is 33.7. The maximum absolute atomic E-state index is 10.6. The van der Waals surface area contributed by atoms with E-state index in [0.29, 0.717) is 0 Å². The van der Waals surface area contributed by atoms with E-state index in [9.17, 15) is 13.2 Å². The molecule has 0 saturated carbocycles. The molecule has 0 bridgehead atoms. The second-order valence-electron chi connectivity index (χ2n) is 8.55. The summed E-state index contributed by atoms with van der Waals surface area (Å²) in [4.78, 5) is 18.2. The molecule has 36 heavy (non-hydrogen) atoms. The number of halogens is 3. The molecular weight excluding hydrogens is 493 g/mol. The lowest BCUT2D eigenvalue weighted by Gasteiger charge is -2.38. The van der Waals surface area contributed by atoms with Gasteiger partial charge in [0.1, 0.15) is 10.7 Å². The van der Waals surface area contributed by atoms with Crippen LogP contribution in [0.2, 0.25) is 0 Å². The number of fused-ring (bicyclic) bond motifs is 1. The number of aromatic nitrogens is 4. The molecule has 5 rings (SSSR count). The van der Waals surface area contributed by atoms with E-state index >= 15 is 0 Å². The van der Waals surface area contributed by atoms with Gasteiger partial charge in [0.05, 0.1) is 18.1 Å². The molecule has 190 valence electrons. The van der Waals surface area contributed by atoms with Gasteiger partial charge in [-0.15, -0.1) is 16.4 Å². The molecule has 1 saturated heterocycles. The highest BCUT2D eigenvalue weighted by Crippen LogP contribution is 2.28. The molecule has 0 aliphatic carbocycles. The van der Waals surface area contributed by atoms with E-state index in [-0.39, 0.29) is 6.04 Å². The summed E-state index contributed by atoms with van der Waals surface area (Å²) in [5.41, 5.74) is 5.73. The third-order valence-electron chi connectivity index (χ3n) is 5.96. The number of hydrogen-bond acceptors (Lipinski definition) is 7. The summed E-state index contributed by atoms with van der Waals surface area (Å²) in [6.45, 7) is 6.00. The Bertz CT molecular complexity index is 1310. The van der Waals surface area contributed by atoms with Crippen molar-refractivity contribution in [1.82, 2.24) is 29.6 Å². The number of alkyl halides is 3. The van der Waals surface area contributed by atoms with Gasteiger partial charge in [0.25, 0.3) is 0 Å². The summed E-state index contributed by atoms with van der Waals surface area (Å²) in [5, 5.41) is 19.4. The zero-order valence-corrected chi connectivity index (χ0v) is 20.5. The highest BCUT2D eigenvalue weighted by atomic mass is 32.1. The number of nitrogens with zero attached hydrogens (tertiary/aromatic N) is 6. The van der Waals surface area contributed by atoms with Crippen molar-refractivity contribution in [3.8, 4) is 11.1 Å². The third kappa shape index (κ3) is 6.07. The highest BCUT2D eigenvalue weighted by molar-refractivity contribution is 7.09. The van der Waals surface area contributed by atoms with E-state index in [0.717, 1.165) is 43.0 Å². The van der Waals surface area contributed by atoms with Crippen LogP contribution in [0.4, 0.5) is 13.2 Å². The Labute approximate surface area is 209 Å². The van der Waals surface area contributed by atoms with Gasteiger partial charge in [-0.2, -0.15) is 13.2 Å². The van der Waals surface area contributed by atoms with Crippen molar-refractivity contribution in [2.24, 2.45) is 0 Å². The topological polar surface area (TPSA) is 86.9 Å². The molecule has 1 aromatic carbocycles. The molecule has 1 unspecified atom stereocenters. The number of thiazole rings is 1. The quantitative estimate of drug-likeness (QED) is 0.432. The molecule has 4 aromatic rings. The van der Waals surface area contributed by atoms with Crippen LogP contribution < -0.4 is 0 Å². The predicted molar refractivity (Wildman–Crippen MR) is 130 cm³/mol. The molecule has 3 aromatic heterocycles. The standard InChI is InChI=1S/C22H24N6S.C2HF3O2/c1-16-3-5-17(6-4-16)18-7-8-19-22(24-25-28(19)13-18)20-14-27(11-10-26(20)2)15-21-23-9-12-29-21;3-2(4,5)1(6)7/h3-9,12-13,20H,10-11,14-15H2,1-2H3;(H,6,7). The molecule has 12 heteroatoms. The van der Waals surface area contributed by atoms with Gasteiger partial charge in [0, 0.05) is 43.0 Å². The first-order valence-electron chi connectivity index (χ1n) is 11.1. The molecule has 1 aliphatic rings. The fourth-order valence-electron chi connectivity index (χ4n) is 3.96. The first-order chi connectivity index (χ1) is 17.1. The van der Waals surface area contributed by atoms with Gasteiger partial charge < -0.3 is 5.11 Å². The fraction of sp³-hybridized carbons (Fsp3) is 0.333. The van der Waals surface area contributed by atoms with Gasteiger partial charge in [-0.1, -0.05) is 41.1 Å². The number of benzene rings is 1. The van der Waals surface area contributed by atoms with Gasteiger partial charge >= 0.3 is 12.1 Å². The minimum absolute atomic E-state index is 0.228. The lowest BCUT2D eigenvalue weighted by molar-refractivity contribution is -0.192. The van der Waals surface area contributed by atoms with Gasteiger partial charge in [-0.25, -0.2) is 14.3 Å². The van der Waals surface area contributed by atoms with E-state index in [4.69, 9.17) is 9.90 Å². The molecule has 1 aliphatic heterocycles. The van der Waals surface area contributed by atoms with Crippen molar-refractivity contribution < 1.29 is 23.1 Å². The summed E-state index contributed by atoms with van der Waals surface area (Å²) in [5.74, 6) is -2.76. The van der Waals surface area contributed by atoms with E-state index in [1.165, 1.54) is 16.1 Å². The number of hydrogen-bond donors (Lipinski definition) is 1. The monoisotopic (exact) mass is 518 g/mol. The van der Waals surface area contributed by atoms with Crippen LogP contribution in [0.3, 0.4) is 0 Å². The minimum atomic E-state index is -5.08.